The average Bonchev–Trinajstić information content (AvgIpc) is 2.72. The molecule has 4 atom stereocenters. The molecule has 0 radical (unpaired) electrons. The van der Waals surface area contributed by atoms with Crippen molar-refractivity contribution in [1.82, 2.24) is 4.90 Å². The Morgan fingerprint density at radius 3 is 2.86 bits per heavy atom. The molecular formula is C11H18N2O. The van der Waals surface area contributed by atoms with Crippen LogP contribution in [0.2, 0.25) is 0 Å². The van der Waals surface area contributed by atoms with E-state index in [0.717, 1.165) is 32.4 Å². The summed E-state index contributed by atoms with van der Waals surface area (Å²) in [6.45, 7) is 4.00. The summed E-state index contributed by atoms with van der Waals surface area (Å²) in [5.41, 5.74) is 0. The Morgan fingerprint density at radius 1 is 1.50 bits per heavy atom. The second-order valence-corrected chi connectivity index (χ2v) is 4.58. The van der Waals surface area contributed by atoms with E-state index in [-0.39, 0.29) is 12.1 Å². The number of nitriles is 1. The van der Waals surface area contributed by atoms with E-state index in [1.807, 2.05) is 0 Å². The number of aliphatic hydroxyl groups excluding tert-OH is 1. The van der Waals surface area contributed by atoms with E-state index in [0.29, 0.717) is 11.8 Å². The first-order chi connectivity index (χ1) is 6.76. The predicted molar refractivity (Wildman–Crippen MR) is 53.5 cm³/mol. The van der Waals surface area contributed by atoms with Crippen molar-refractivity contribution in [2.24, 2.45) is 11.8 Å². The molecule has 1 aliphatic heterocycles. The van der Waals surface area contributed by atoms with E-state index in [1.165, 1.54) is 0 Å². The molecule has 0 spiro atoms. The standard InChI is InChI=1S/C11H18N2O/c1-2-9(5-12)13-6-8-3-4-11(14)10(8)7-13/h8-11,14H,2-4,6-7H2,1H3. The summed E-state index contributed by atoms with van der Waals surface area (Å²) >= 11 is 0. The quantitative estimate of drug-likeness (QED) is 0.713. The van der Waals surface area contributed by atoms with Crippen LogP contribution in [0.3, 0.4) is 0 Å². The van der Waals surface area contributed by atoms with Crippen LogP contribution >= 0.6 is 0 Å². The summed E-state index contributed by atoms with van der Waals surface area (Å²) in [6, 6.07) is 2.40. The molecule has 2 aliphatic rings. The molecule has 1 N–H and O–H groups in total. The lowest BCUT2D eigenvalue weighted by Crippen LogP contribution is -2.33. The van der Waals surface area contributed by atoms with E-state index < -0.39 is 0 Å². The van der Waals surface area contributed by atoms with Crippen LogP contribution < -0.4 is 0 Å². The van der Waals surface area contributed by atoms with E-state index in [2.05, 4.69) is 17.9 Å². The first-order valence-corrected chi connectivity index (χ1v) is 5.58. The number of aliphatic hydroxyl groups is 1. The van der Waals surface area contributed by atoms with E-state index in [4.69, 9.17) is 5.26 Å². The molecule has 4 unspecified atom stereocenters. The van der Waals surface area contributed by atoms with Crippen molar-refractivity contribution in [2.45, 2.75) is 38.3 Å². The maximum Gasteiger partial charge on any atom is 0.0975 e. The Hall–Kier alpha value is -0.590. The number of rotatable bonds is 2. The Bertz CT molecular complexity index is 248. The Kier molecular flexibility index (Phi) is 2.76. The smallest absolute Gasteiger partial charge is 0.0975 e. The normalized spacial score (nSPS) is 39.4. The highest BCUT2D eigenvalue weighted by Crippen LogP contribution is 2.38. The molecule has 0 bridgehead atoms. The zero-order valence-corrected chi connectivity index (χ0v) is 8.69. The van der Waals surface area contributed by atoms with Gasteiger partial charge in [0.2, 0.25) is 0 Å². The number of hydrogen-bond acceptors (Lipinski definition) is 3. The molecule has 0 aromatic carbocycles. The number of fused-ring (bicyclic) bond motifs is 1. The van der Waals surface area contributed by atoms with E-state index in [1.54, 1.807) is 0 Å². The van der Waals surface area contributed by atoms with Crippen molar-refractivity contribution >= 4 is 0 Å². The average molecular weight is 194 g/mol. The molecular weight excluding hydrogens is 176 g/mol. The van der Waals surface area contributed by atoms with Crippen molar-refractivity contribution < 1.29 is 5.11 Å². The Balaban J connectivity index is 1.98. The van der Waals surface area contributed by atoms with Gasteiger partial charge in [-0.2, -0.15) is 5.26 Å². The summed E-state index contributed by atoms with van der Waals surface area (Å²) in [6.07, 6.45) is 2.89. The molecule has 0 aromatic rings. The van der Waals surface area contributed by atoms with Gasteiger partial charge in [0.15, 0.2) is 0 Å². The maximum atomic E-state index is 9.73. The van der Waals surface area contributed by atoms with Gasteiger partial charge in [0.25, 0.3) is 0 Å². The van der Waals surface area contributed by atoms with Crippen molar-refractivity contribution in [1.29, 1.82) is 5.26 Å². The van der Waals surface area contributed by atoms with Gasteiger partial charge in [0, 0.05) is 19.0 Å². The van der Waals surface area contributed by atoms with Crippen LogP contribution in [-0.4, -0.2) is 35.2 Å². The molecule has 2 fully saturated rings. The minimum absolute atomic E-state index is 0.0628. The molecule has 1 saturated carbocycles. The number of hydrogen-bond donors (Lipinski definition) is 1. The third-order valence-electron chi connectivity index (χ3n) is 3.82. The lowest BCUT2D eigenvalue weighted by atomic mass is 10.00. The molecule has 1 heterocycles. The van der Waals surface area contributed by atoms with Crippen LogP contribution in [0.25, 0.3) is 0 Å². The van der Waals surface area contributed by atoms with Gasteiger partial charge < -0.3 is 5.11 Å². The SMILES string of the molecule is CCC(C#N)N1CC2CCC(O)C2C1. The van der Waals surface area contributed by atoms with Crippen LogP contribution in [0.4, 0.5) is 0 Å². The Morgan fingerprint density at radius 2 is 2.29 bits per heavy atom. The molecule has 3 nitrogen and oxygen atoms in total. The summed E-state index contributed by atoms with van der Waals surface area (Å²) < 4.78 is 0. The molecule has 0 aromatic heterocycles. The predicted octanol–water partition coefficient (Wildman–Crippen LogP) is 0.991. The van der Waals surface area contributed by atoms with Gasteiger partial charge in [-0.1, -0.05) is 6.92 Å². The molecule has 2 rings (SSSR count). The number of nitrogens with zero attached hydrogens (tertiary/aromatic N) is 2. The first kappa shape index (κ1) is 9.95. The minimum atomic E-state index is -0.110. The van der Waals surface area contributed by atoms with Crippen molar-refractivity contribution in [3.05, 3.63) is 0 Å². The maximum absolute atomic E-state index is 9.73. The van der Waals surface area contributed by atoms with Gasteiger partial charge in [0.05, 0.1) is 18.2 Å². The van der Waals surface area contributed by atoms with Crippen molar-refractivity contribution in [3.63, 3.8) is 0 Å². The lowest BCUT2D eigenvalue weighted by Gasteiger charge is -2.21. The second-order valence-electron chi connectivity index (χ2n) is 4.58. The molecule has 78 valence electrons. The van der Waals surface area contributed by atoms with Gasteiger partial charge in [-0.3, -0.25) is 4.90 Å². The summed E-state index contributed by atoms with van der Waals surface area (Å²) in [5.74, 6) is 1.09. The topological polar surface area (TPSA) is 47.3 Å². The fourth-order valence-electron chi connectivity index (χ4n) is 2.96. The van der Waals surface area contributed by atoms with Crippen molar-refractivity contribution in [2.75, 3.05) is 13.1 Å². The van der Waals surface area contributed by atoms with Gasteiger partial charge >= 0.3 is 0 Å². The number of likely N-dealkylation sites (tertiary alicyclic amines) is 1. The van der Waals surface area contributed by atoms with Gasteiger partial charge in [-0.05, 0) is 25.2 Å². The summed E-state index contributed by atoms with van der Waals surface area (Å²) in [4.78, 5) is 2.25. The molecule has 0 amide bonds. The van der Waals surface area contributed by atoms with Crippen LogP contribution in [-0.2, 0) is 0 Å². The second kappa shape index (κ2) is 3.88. The Labute approximate surface area is 85.3 Å². The zero-order chi connectivity index (χ0) is 10.1. The van der Waals surface area contributed by atoms with E-state index in [9.17, 15) is 5.11 Å². The zero-order valence-electron chi connectivity index (χ0n) is 8.69. The van der Waals surface area contributed by atoms with Crippen LogP contribution in [0.1, 0.15) is 26.2 Å². The largest absolute Gasteiger partial charge is 0.393 e. The van der Waals surface area contributed by atoms with E-state index >= 15 is 0 Å². The minimum Gasteiger partial charge on any atom is -0.393 e. The summed E-state index contributed by atoms with van der Waals surface area (Å²) in [5, 5.41) is 18.7. The first-order valence-electron chi connectivity index (χ1n) is 5.58. The highest BCUT2D eigenvalue weighted by atomic mass is 16.3. The highest BCUT2D eigenvalue weighted by Gasteiger charge is 2.43. The van der Waals surface area contributed by atoms with Crippen LogP contribution in [0.15, 0.2) is 0 Å². The lowest BCUT2D eigenvalue weighted by molar-refractivity contribution is 0.121. The molecule has 1 aliphatic carbocycles. The van der Waals surface area contributed by atoms with Crippen LogP contribution in [0, 0.1) is 23.2 Å². The summed E-state index contributed by atoms with van der Waals surface area (Å²) in [7, 11) is 0. The van der Waals surface area contributed by atoms with Gasteiger partial charge in [-0.15, -0.1) is 0 Å². The highest BCUT2D eigenvalue weighted by molar-refractivity contribution is 5.00. The van der Waals surface area contributed by atoms with Gasteiger partial charge in [0.1, 0.15) is 0 Å². The molecule has 14 heavy (non-hydrogen) atoms. The third kappa shape index (κ3) is 1.53. The van der Waals surface area contributed by atoms with Crippen LogP contribution in [0.5, 0.6) is 0 Å². The fraction of sp³-hybridized carbons (Fsp3) is 0.909. The third-order valence-corrected chi connectivity index (χ3v) is 3.82. The molecule has 3 heteroatoms. The van der Waals surface area contributed by atoms with Gasteiger partial charge in [-0.25, -0.2) is 0 Å². The fourth-order valence-corrected chi connectivity index (χ4v) is 2.96. The monoisotopic (exact) mass is 194 g/mol. The van der Waals surface area contributed by atoms with Crippen molar-refractivity contribution in [3.8, 4) is 6.07 Å². The molecule has 1 saturated heterocycles.